The van der Waals surface area contributed by atoms with Crippen LogP contribution in [0, 0.1) is 0 Å². The second kappa shape index (κ2) is 9.09. The monoisotopic (exact) mass is 502 g/mol. The zero-order valence-corrected chi connectivity index (χ0v) is 18.7. The lowest BCUT2D eigenvalue weighted by molar-refractivity contribution is -0.116. The molecule has 160 valence electrons. The Labute approximate surface area is 188 Å². The summed E-state index contributed by atoms with van der Waals surface area (Å²) < 4.78 is 39.1. The van der Waals surface area contributed by atoms with Crippen LogP contribution in [0.25, 0.3) is 0 Å². The number of hydrogen-bond acceptors (Lipinski definition) is 5. The molecule has 0 unspecified atom stereocenters. The maximum Gasteiger partial charge on any atom is 0.243 e. The molecule has 9 heteroatoms. The molecule has 1 aliphatic rings. The third-order valence-corrected chi connectivity index (χ3v) is 6.96. The summed E-state index contributed by atoms with van der Waals surface area (Å²) in [5.74, 6) is 0.665. The van der Waals surface area contributed by atoms with E-state index in [0.29, 0.717) is 17.2 Å². The third kappa shape index (κ3) is 5.07. The van der Waals surface area contributed by atoms with Gasteiger partial charge in [0.15, 0.2) is 11.5 Å². The average Bonchev–Trinajstić information content (AvgIpc) is 3.22. The molecule has 31 heavy (non-hydrogen) atoms. The van der Waals surface area contributed by atoms with Crippen LogP contribution < -0.4 is 14.8 Å². The molecule has 0 saturated heterocycles. The number of rotatable bonds is 7. The van der Waals surface area contributed by atoms with Gasteiger partial charge < -0.3 is 14.8 Å². The summed E-state index contributed by atoms with van der Waals surface area (Å²) in [6, 6.07) is 20.5. The van der Waals surface area contributed by atoms with Crippen molar-refractivity contribution < 1.29 is 22.7 Å². The lowest BCUT2D eigenvalue weighted by atomic mass is 10.2. The van der Waals surface area contributed by atoms with Crippen LogP contribution in [0.15, 0.2) is 82.2 Å². The van der Waals surface area contributed by atoms with Crippen LogP contribution in [0.2, 0.25) is 0 Å². The first-order valence-corrected chi connectivity index (χ1v) is 11.6. The number of benzene rings is 3. The van der Waals surface area contributed by atoms with E-state index in [1.54, 1.807) is 30.3 Å². The summed E-state index contributed by atoms with van der Waals surface area (Å²) >= 11 is 3.31. The van der Waals surface area contributed by atoms with Crippen LogP contribution in [0.1, 0.15) is 5.56 Å². The van der Waals surface area contributed by atoms with Crippen molar-refractivity contribution in [3.8, 4) is 11.5 Å². The number of hydrogen-bond donors (Lipinski definition) is 1. The predicted octanol–water partition coefficient (Wildman–Crippen LogP) is 4.01. The highest BCUT2D eigenvalue weighted by Crippen LogP contribution is 2.34. The maximum absolute atomic E-state index is 13.3. The molecule has 0 spiro atoms. The summed E-state index contributed by atoms with van der Waals surface area (Å²) in [6.45, 7) is -0.154. The molecule has 0 atom stereocenters. The summed E-state index contributed by atoms with van der Waals surface area (Å²) in [5, 5.41) is 2.73. The molecule has 1 N–H and O–H groups in total. The van der Waals surface area contributed by atoms with E-state index in [4.69, 9.17) is 9.47 Å². The fourth-order valence-corrected chi connectivity index (χ4v) is 4.75. The van der Waals surface area contributed by atoms with E-state index >= 15 is 0 Å². The van der Waals surface area contributed by atoms with Crippen molar-refractivity contribution in [1.29, 1.82) is 0 Å². The molecule has 3 aromatic carbocycles. The van der Waals surface area contributed by atoms with Gasteiger partial charge in [0.1, 0.15) is 0 Å². The number of nitrogens with zero attached hydrogens (tertiary/aromatic N) is 1. The van der Waals surface area contributed by atoms with Crippen LogP contribution in [0.4, 0.5) is 5.69 Å². The first-order valence-electron chi connectivity index (χ1n) is 9.41. The van der Waals surface area contributed by atoms with Crippen LogP contribution in [-0.2, 0) is 21.4 Å². The minimum absolute atomic E-state index is 0.0633. The van der Waals surface area contributed by atoms with E-state index in [-0.39, 0.29) is 24.8 Å². The predicted molar refractivity (Wildman–Crippen MR) is 119 cm³/mol. The highest BCUT2D eigenvalue weighted by Gasteiger charge is 2.27. The highest BCUT2D eigenvalue weighted by atomic mass is 79.9. The molecular formula is C22H19BrN2O5S. The van der Waals surface area contributed by atoms with Gasteiger partial charge in [0.05, 0.1) is 11.4 Å². The number of carbonyl (C=O) groups excluding carboxylic acids is 1. The van der Waals surface area contributed by atoms with Gasteiger partial charge in [-0.25, -0.2) is 8.42 Å². The van der Waals surface area contributed by atoms with Crippen molar-refractivity contribution in [2.75, 3.05) is 18.7 Å². The Kier molecular flexibility index (Phi) is 6.26. The average molecular weight is 503 g/mol. The van der Waals surface area contributed by atoms with Gasteiger partial charge in [-0.3, -0.25) is 4.79 Å². The molecular weight excluding hydrogens is 484 g/mol. The Morgan fingerprint density at radius 3 is 2.42 bits per heavy atom. The van der Waals surface area contributed by atoms with Crippen LogP contribution in [-0.4, -0.2) is 32.0 Å². The van der Waals surface area contributed by atoms with Gasteiger partial charge in [-0.05, 0) is 42.0 Å². The summed E-state index contributed by atoms with van der Waals surface area (Å²) in [6.07, 6.45) is 0. The number of nitrogens with one attached hydrogen (secondary N) is 1. The minimum Gasteiger partial charge on any atom is -0.454 e. The van der Waals surface area contributed by atoms with Crippen molar-refractivity contribution in [3.05, 3.63) is 82.8 Å². The minimum atomic E-state index is -3.91. The fraction of sp³-hybridized carbons (Fsp3) is 0.136. The van der Waals surface area contributed by atoms with E-state index in [9.17, 15) is 13.2 Å². The molecule has 0 bridgehead atoms. The lowest BCUT2D eigenvalue weighted by Crippen LogP contribution is -2.37. The molecule has 1 heterocycles. The van der Waals surface area contributed by atoms with Gasteiger partial charge in [0.25, 0.3) is 0 Å². The van der Waals surface area contributed by atoms with Crippen molar-refractivity contribution in [2.24, 2.45) is 0 Å². The number of sulfonamides is 1. The Morgan fingerprint density at radius 1 is 0.968 bits per heavy atom. The van der Waals surface area contributed by atoms with Crippen molar-refractivity contribution >= 4 is 37.5 Å². The largest absolute Gasteiger partial charge is 0.454 e. The topological polar surface area (TPSA) is 84.9 Å². The van der Waals surface area contributed by atoms with Gasteiger partial charge in [-0.15, -0.1) is 0 Å². The molecule has 0 aliphatic carbocycles. The van der Waals surface area contributed by atoms with Crippen molar-refractivity contribution in [2.45, 2.75) is 11.4 Å². The number of fused-ring (bicyclic) bond motifs is 1. The summed E-state index contributed by atoms with van der Waals surface area (Å²) in [7, 11) is -3.91. The van der Waals surface area contributed by atoms with E-state index < -0.39 is 15.9 Å². The molecule has 7 nitrogen and oxygen atoms in total. The molecule has 1 aliphatic heterocycles. The van der Waals surface area contributed by atoms with Crippen LogP contribution in [0.5, 0.6) is 11.5 Å². The van der Waals surface area contributed by atoms with E-state index in [2.05, 4.69) is 21.2 Å². The van der Waals surface area contributed by atoms with Gasteiger partial charge in [0.2, 0.25) is 22.7 Å². The Morgan fingerprint density at radius 2 is 1.68 bits per heavy atom. The van der Waals surface area contributed by atoms with E-state index in [1.807, 2.05) is 30.3 Å². The number of carbonyl (C=O) groups is 1. The van der Waals surface area contributed by atoms with Gasteiger partial charge in [-0.1, -0.05) is 46.3 Å². The lowest BCUT2D eigenvalue weighted by Gasteiger charge is -2.22. The van der Waals surface area contributed by atoms with Crippen LogP contribution in [0.3, 0.4) is 0 Å². The SMILES string of the molecule is O=C(CN(Cc1ccccc1)S(=O)(=O)c1ccc(Br)cc1)Nc1ccc2c(c1)OCO2. The second-order valence-corrected chi connectivity index (χ2v) is 9.68. The number of ether oxygens (including phenoxy) is 2. The molecule has 3 aromatic rings. The Balaban J connectivity index is 1.56. The summed E-state index contributed by atoms with van der Waals surface area (Å²) in [4.78, 5) is 12.9. The van der Waals surface area contributed by atoms with Gasteiger partial charge in [0, 0.05) is 22.8 Å². The quantitative estimate of drug-likeness (QED) is 0.527. The van der Waals surface area contributed by atoms with E-state index in [0.717, 1.165) is 14.3 Å². The standard InChI is InChI=1S/C22H19BrN2O5S/c23-17-6-9-19(10-7-17)31(27,28)25(13-16-4-2-1-3-5-16)14-22(26)24-18-8-11-20-21(12-18)30-15-29-20/h1-12H,13-15H2,(H,24,26). The molecule has 4 rings (SSSR count). The fourth-order valence-electron chi connectivity index (χ4n) is 3.10. The Bertz CT molecular complexity index is 1180. The molecule has 0 fully saturated rings. The van der Waals surface area contributed by atoms with Crippen molar-refractivity contribution in [1.82, 2.24) is 4.31 Å². The highest BCUT2D eigenvalue weighted by molar-refractivity contribution is 9.10. The number of halogens is 1. The second-order valence-electron chi connectivity index (χ2n) is 6.83. The first kappa shape index (κ1) is 21.4. The van der Waals surface area contributed by atoms with Gasteiger partial charge >= 0.3 is 0 Å². The molecule has 0 saturated carbocycles. The first-order chi connectivity index (χ1) is 14.9. The zero-order chi connectivity index (χ0) is 21.8. The van der Waals surface area contributed by atoms with Gasteiger partial charge in [-0.2, -0.15) is 4.31 Å². The molecule has 0 aromatic heterocycles. The van der Waals surface area contributed by atoms with Crippen LogP contribution >= 0.6 is 15.9 Å². The third-order valence-electron chi connectivity index (χ3n) is 4.63. The molecule has 1 amide bonds. The zero-order valence-electron chi connectivity index (χ0n) is 16.3. The normalized spacial score (nSPS) is 12.7. The Hall–Kier alpha value is -2.88. The maximum atomic E-state index is 13.3. The van der Waals surface area contributed by atoms with Crippen molar-refractivity contribution in [3.63, 3.8) is 0 Å². The van der Waals surface area contributed by atoms with E-state index in [1.165, 1.54) is 12.1 Å². The number of anilines is 1. The smallest absolute Gasteiger partial charge is 0.243 e. The number of amides is 1. The summed E-state index contributed by atoms with van der Waals surface area (Å²) in [5.41, 5.74) is 1.27. The molecule has 0 radical (unpaired) electrons.